The minimum absolute atomic E-state index is 0.0930. The lowest BCUT2D eigenvalue weighted by atomic mass is 10.1. The number of imidazole rings is 1. The number of anilines is 3. The molecule has 4 rings (SSSR count). The summed E-state index contributed by atoms with van der Waals surface area (Å²) in [5, 5.41) is 21.0. The van der Waals surface area contributed by atoms with E-state index in [0.717, 1.165) is 0 Å². The summed E-state index contributed by atoms with van der Waals surface area (Å²) in [5.41, 5.74) is 1.88. The van der Waals surface area contributed by atoms with E-state index >= 15 is 0 Å². The van der Waals surface area contributed by atoms with E-state index < -0.39 is 4.92 Å². The molecule has 0 aliphatic heterocycles. The van der Waals surface area contributed by atoms with Gasteiger partial charge in [0.05, 0.1) is 21.2 Å². The van der Waals surface area contributed by atoms with Gasteiger partial charge in [-0.2, -0.15) is 0 Å². The van der Waals surface area contributed by atoms with Gasteiger partial charge in [-0.25, -0.2) is 19.9 Å². The molecule has 174 valence electrons. The Morgan fingerprint density at radius 1 is 1.06 bits per heavy atom. The summed E-state index contributed by atoms with van der Waals surface area (Å²) in [5.74, 6) is 1.69. The van der Waals surface area contributed by atoms with E-state index in [1.54, 1.807) is 49.9 Å². The number of nitrogens with one attached hydrogen (secondary N) is 4. The molecule has 0 aliphatic rings. The van der Waals surface area contributed by atoms with Gasteiger partial charge in [-0.3, -0.25) is 10.1 Å². The molecule has 0 atom stereocenters. The molecule has 3 aromatic heterocycles. The zero-order chi connectivity index (χ0) is 24.1. The van der Waals surface area contributed by atoms with Crippen LogP contribution < -0.4 is 16.0 Å². The maximum atomic E-state index is 11.0. The summed E-state index contributed by atoms with van der Waals surface area (Å²) in [7, 11) is 1.58. The summed E-state index contributed by atoms with van der Waals surface area (Å²) >= 11 is 12.5. The van der Waals surface area contributed by atoms with Crippen molar-refractivity contribution >= 4 is 46.5 Å². The highest BCUT2D eigenvalue weighted by Crippen LogP contribution is 2.35. The molecule has 3 heterocycles. The number of pyridine rings is 1. The maximum Gasteiger partial charge on any atom is 0.311 e. The Hall–Kier alpha value is -3.96. The number of hydrogen-bond donors (Lipinski definition) is 4. The van der Waals surface area contributed by atoms with Crippen LogP contribution in [0.4, 0.5) is 23.3 Å². The third kappa shape index (κ3) is 5.16. The number of nitrogens with zero attached hydrogens (tertiary/aromatic N) is 5. The van der Waals surface area contributed by atoms with Gasteiger partial charge in [-0.1, -0.05) is 23.2 Å². The molecular formula is C21H19Cl2N9O2. The summed E-state index contributed by atoms with van der Waals surface area (Å²) in [6.45, 7) is 0.926. The maximum absolute atomic E-state index is 11.0. The topological polar surface area (TPSA) is 147 Å². The van der Waals surface area contributed by atoms with Crippen LogP contribution in [-0.4, -0.2) is 50.0 Å². The number of hydrogen-bond acceptors (Lipinski definition) is 9. The standard InChI is InChI=1S/C21H19Cl2N9O2/c1-24-20-16(32(33)34)4-5-17(30-20)25-6-9-28-21-29-11-14(19-26-7-8-27-19)18(31-21)13-3-2-12(22)10-15(13)23/h2-5,7-8,10-11H,6,9H2,1H3,(H,26,27)(H2,24,25,30)(H,28,29,31). The second-order valence-electron chi connectivity index (χ2n) is 6.94. The van der Waals surface area contributed by atoms with Crippen LogP contribution in [-0.2, 0) is 0 Å². The molecule has 0 bridgehead atoms. The van der Waals surface area contributed by atoms with Gasteiger partial charge in [0.25, 0.3) is 0 Å². The van der Waals surface area contributed by atoms with Crippen molar-refractivity contribution < 1.29 is 4.92 Å². The second-order valence-corrected chi connectivity index (χ2v) is 7.79. The number of halogens is 2. The van der Waals surface area contributed by atoms with E-state index in [4.69, 9.17) is 23.2 Å². The smallest absolute Gasteiger partial charge is 0.311 e. The largest absolute Gasteiger partial charge is 0.368 e. The van der Waals surface area contributed by atoms with Crippen molar-refractivity contribution in [2.45, 2.75) is 0 Å². The lowest BCUT2D eigenvalue weighted by molar-refractivity contribution is -0.384. The highest BCUT2D eigenvalue weighted by molar-refractivity contribution is 6.36. The van der Waals surface area contributed by atoms with Gasteiger partial charge in [0.2, 0.25) is 11.8 Å². The van der Waals surface area contributed by atoms with Crippen LogP contribution >= 0.6 is 23.2 Å². The molecular weight excluding hydrogens is 481 g/mol. The molecule has 0 saturated carbocycles. The van der Waals surface area contributed by atoms with Crippen molar-refractivity contribution in [2.24, 2.45) is 0 Å². The Bertz CT molecular complexity index is 1320. The van der Waals surface area contributed by atoms with Crippen LogP contribution in [0.2, 0.25) is 10.0 Å². The number of aromatic amines is 1. The van der Waals surface area contributed by atoms with Crippen LogP contribution in [0.25, 0.3) is 22.6 Å². The number of H-pyrrole nitrogens is 1. The van der Waals surface area contributed by atoms with E-state index in [2.05, 4.69) is 40.9 Å². The molecule has 4 aromatic rings. The third-order valence-corrected chi connectivity index (χ3v) is 5.30. The van der Waals surface area contributed by atoms with Crippen molar-refractivity contribution in [1.82, 2.24) is 24.9 Å². The van der Waals surface area contributed by atoms with Crippen LogP contribution in [0.15, 0.2) is 48.9 Å². The molecule has 4 N–H and O–H groups in total. The fourth-order valence-corrected chi connectivity index (χ4v) is 3.68. The van der Waals surface area contributed by atoms with Crippen LogP contribution in [0.1, 0.15) is 0 Å². The molecule has 0 amide bonds. The fraction of sp³-hybridized carbons (Fsp3) is 0.143. The zero-order valence-corrected chi connectivity index (χ0v) is 19.4. The number of nitro groups is 1. The molecule has 0 radical (unpaired) electrons. The van der Waals surface area contributed by atoms with Crippen molar-refractivity contribution in [2.75, 3.05) is 36.1 Å². The van der Waals surface area contributed by atoms with Gasteiger partial charge >= 0.3 is 5.69 Å². The Balaban J connectivity index is 1.49. The minimum atomic E-state index is -0.488. The van der Waals surface area contributed by atoms with Crippen molar-refractivity contribution in [1.29, 1.82) is 0 Å². The summed E-state index contributed by atoms with van der Waals surface area (Å²) in [6.07, 6.45) is 5.02. The lowest BCUT2D eigenvalue weighted by Crippen LogP contribution is -2.16. The summed E-state index contributed by atoms with van der Waals surface area (Å²) < 4.78 is 0. The Labute approximate surface area is 204 Å². The molecule has 13 heteroatoms. The van der Waals surface area contributed by atoms with E-state index in [1.807, 2.05) is 0 Å². The monoisotopic (exact) mass is 499 g/mol. The number of rotatable bonds is 9. The first kappa shape index (κ1) is 23.2. The normalized spacial score (nSPS) is 10.7. The van der Waals surface area contributed by atoms with Crippen molar-refractivity contribution in [3.63, 3.8) is 0 Å². The number of aromatic nitrogens is 5. The van der Waals surface area contributed by atoms with E-state index in [0.29, 0.717) is 57.5 Å². The SMILES string of the molecule is CNc1nc(NCCNc2ncc(-c3ncc[nH]3)c(-c3ccc(Cl)cc3Cl)n2)ccc1[N+](=O)[O-]. The molecule has 34 heavy (non-hydrogen) atoms. The highest BCUT2D eigenvalue weighted by Gasteiger charge is 2.17. The molecule has 0 unspecified atom stereocenters. The van der Waals surface area contributed by atoms with Gasteiger partial charge in [0, 0.05) is 55.4 Å². The van der Waals surface area contributed by atoms with Crippen molar-refractivity contribution in [3.05, 3.63) is 69.1 Å². The van der Waals surface area contributed by atoms with Crippen LogP contribution in [0, 0.1) is 10.1 Å². The Morgan fingerprint density at radius 3 is 2.59 bits per heavy atom. The first-order chi connectivity index (χ1) is 16.5. The first-order valence-corrected chi connectivity index (χ1v) is 10.8. The molecule has 1 aromatic carbocycles. The molecule has 0 aliphatic carbocycles. The van der Waals surface area contributed by atoms with Crippen LogP contribution in [0.5, 0.6) is 0 Å². The van der Waals surface area contributed by atoms with E-state index in [1.165, 1.54) is 6.07 Å². The van der Waals surface area contributed by atoms with Gasteiger partial charge in [0.1, 0.15) is 11.6 Å². The van der Waals surface area contributed by atoms with E-state index in [9.17, 15) is 10.1 Å². The highest BCUT2D eigenvalue weighted by atomic mass is 35.5. The average molecular weight is 500 g/mol. The number of benzene rings is 1. The van der Waals surface area contributed by atoms with Gasteiger partial charge < -0.3 is 20.9 Å². The molecule has 0 saturated heterocycles. The van der Waals surface area contributed by atoms with E-state index in [-0.39, 0.29) is 11.5 Å². The van der Waals surface area contributed by atoms with Gasteiger partial charge in [-0.05, 0) is 24.3 Å². The minimum Gasteiger partial charge on any atom is -0.368 e. The lowest BCUT2D eigenvalue weighted by Gasteiger charge is -2.12. The van der Waals surface area contributed by atoms with Crippen molar-refractivity contribution in [3.8, 4) is 22.6 Å². The van der Waals surface area contributed by atoms with Gasteiger partial charge in [-0.15, -0.1) is 0 Å². The summed E-state index contributed by atoms with van der Waals surface area (Å²) in [6, 6.07) is 8.14. The quantitative estimate of drug-likeness (QED) is 0.146. The predicted octanol–water partition coefficient (Wildman–Crippen LogP) is 4.71. The van der Waals surface area contributed by atoms with Gasteiger partial charge in [0.15, 0.2) is 0 Å². The molecule has 0 fully saturated rings. The summed E-state index contributed by atoms with van der Waals surface area (Å²) in [4.78, 5) is 31.2. The third-order valence-electron chi connectivity index (χ3n) is 4.75. The van der Waals surface area contributed by atoms with Crippen LogP contribution in [0.3, 0.4) is 0 Å². The zero-order valence-electron chi connectivity index (χ0n) is 17.8. The predicted molar refractivity (Wildman–Crippen MR) is 132 cm³/mol. The second kappa shape index (κ2) is 10.3. The average Bonchev–Trinajstić information content (AvgIpc) is 3.36. The molecule has 0 spiro atoms. The Morgan fingerprint density at radius 2 is 1.88 bits per heavy atom. The molecule has 11 nitrogen and oxygen atoms in total. The fourth-order valence-electron chi connectivity index (χ4n) is 3.19. The first-order valence-electron chi connectivity index (χ1n) is 10.1. The Kier molecular flexibility index (Phi) is 7.04.